The molecular weight excluding hydrogens is 317 g/mol. The second-order valence-corrected chi connectivity index (χ2v) is 4.71. The quantitative estimate of drug-likeness (QED) is 0.704. The number of fused-ring (bicyclic) bond motifs is 1. The Kier molecular flexibility index (Phi) is 4.68. The number of anilines is 1. The third-order valence-corrected chi connectivity index (χ3v) is 3.16. The van der Waals surface area contributed by atoms with E-state index in [1.807, 2.05) is 0 Å². The lowest BCUT2D eigenvalue weighted by molar-refractivity contribution is -0.139. The molecule has 0 radical (unpaired) electrons. The summed E-state index contributed by atoms with van der Waals surface area (Å²) in [5.74, 6) is -7.23. The molecule has 9 heteroatoms. The van der Waals surface area contributed by atoms with Crippen molar-refractivity contribution >= 4 is 28.5 Å². The zero-order chi connectivity index (χ0) is 17.1. The van der Waals surface area contributed by atoms with Gasteiger partial charge in [-0.1, -0.05) is 0 Å². The number of hydrogen-bond acceptors (Lipinski definition) is 4. The zero-order valence-electron chi connectivity index (χ0n) is 11.5. The van der Waals surface area contributed by atoms with Crippen LogP contribution >= 0.6 is 0 Å². The number of pyridine rings is 1. The highest BCUT2D eigenvalue weighted by molar-refractivity contribution is 5.93. The van der Waals surface area contributed by atoms with E-state index in [1.54, 1.807) is 0 Å². The molecule has 1 heterocycles. The van der Waals surface area contributed by atoms with Crippen molar-refractivity contribution in [3.8, 4) is 0 Å². The van der Waals surface area contributed by atoms with Crippen LogP contribution < -0.4 is 5.32 Å². The van der Waals surface area contributed by atoms with E-state index in [2.05, 4.69) is 10.3 Å². The van der Waals surface area contributed by atoms with E-state index in [1.165, 1.54) is 0 Å². The molecule has 0 aliphatic rings. The minimum atomic E-state index is -1.64. The summed E-state index contributed by atoms with van der Waals surface area (Å²) in [5.41, 5.74) is 0. The van der Waals surface area contributed by atoms with E-state index in [4.69, 9.17) is 10.2 Å². The third kappa shape index (κ3) is 3.50. The van der Waals surface area contributed by atoms with Crippen LogP contribution in [0.5, 0.6) is 0 Å². The fraction of sp³-hybridized carbons (Fsp3) is 0.214. The molecule has 0 amide bonds. The van der Waals surface area contributed by atoms with Crippen LogP contribution in [-0.4, -0.2) is 33.2 Å². The van der Waals surface area contributed by atoms with Crippen LogP contribution in [0.1, 0.15) is 12.8 Å². The van der Waals surface area contributed by atoms with Crippen LogP contribution in [0.4, 0.5) is 19.0 Å². The van der Waals surface area contributed by atoms with Gasteiger partial charge in [-0.15, -0.1) is 0 Å². The van der Waals surface area contributed by atoms with E-state index < -0.39 is 41.9 Å². The average Bonchev–Trinajstić information content (AvgIpc) is 2.49. The minimum Gasteiger partial charge on any atom is -0.481 e. The molecule has 1 atom stereocenters. The van der Waals surface area contributed by atoms with Crippen molar-refractivity contribution < 1.29 is 33.0 Å². The van der Waals surface area contributed by atoms with Gasteiger partial charge < -0.3 is 15.5 Å². The van der Waals surface area contributed by atoms with E-state index in [-0.39, 0.29) is 23.0 Å². The van der Waals surface area contributed by atoms with Crippen LogP contribution in [0.25, 0.3) is 10.8 Å². The normalized spacial score (nSPS) is 12.1. The molecule has 1 aromatic carbocycles. The fourth-order valence-electron chi connectivity index (χ4n) is 2.03. The van der Waals surface area contributed by atoms with Gasteiger partial charge in [0.15, 0.2) is 17.5 Å². The zero-order valence-corrected chi connectivity index (χ0v) is 11.5. The summed E-state index contributed by atoms with van der Waals surface area (Å²) in [6.45, 7) is 0. The molecule has 6 nitrogen and oxygen atoms in total. The third-order valence-electron chi connectivity index (χ3n) is 3.16. The van der Waals surface area contributed by atoms with Crippen molar-refractivity contribution in [1.82, 2.24) is 4.98 Å². The molecule has 1 unspecified atom stereocenters. The summed E-state index contributed by atoms with van der Waals surface area (Å²) in [6.07, 6.45) is 0.405. The molecule has 2 rings (SSSR count). The Morgan fingerprint density at radius 1 is 1.17 bits per heavy atom. The summed E-state index contributed by atoms with van der Waals surface area (Å²) in [4.78, 5) is 25.5. The number of carbonyl (C=O) groups is 2. The Balaban J connectivity index is 2.42. The van der Waals surface area contributed by atoms with Crippen molar-refractivity contribution in [3.05, 3.63) is 35.8 Å². The Morgan fingerprint density at radius 2 is 1.87 bits per heavy atom. The van der Waals surface area contributed by atoms with Gasteiger partial charge in [0.05, 0.1) is 0 Å². The summed E-state index contributed by atoms with van der Waals surface area (Å²) in [6, 6.07) is 0.477. The molecule has 0 aliphatic heterocycles. The van der Waals surface area contributed by atoms with Gasteiger partial charge in [0.25, 0.3) is 0 Å². The molecule has 0 saturated heterocycles. The largest absolute Gasteiger partial charge is 0.481 e. The SMILES string of the molecule is O=C(O)CCC(Nc1nccc2c(F)c(F)c(F)cc12)C(=O)O. The van der Waals surface area contributed by atoms with Crippen LogP contribution in [0, 0.1) is 17.5 Å². The predicted octanol–water partition coefficient (Wildman–Crippen LogP) is 2.38. The maximum Gasteiger partial charge on any atom is 0.326 e. The predicted molar refractivity (Wildman–Crippen MR) is 73.5 cm³/mol. The molecule has 0 bridgehead atoms. The van der Waals surface area contributed by atoms with Crippen molar-refractivity contribution in [2.45, 2.75) is 18.9 Å². The Bertz CT molecular complexity index is 782. The van der Waals surface area contributed by atoms with Crippen molar-refractivity contribution in [3.63, 3.8) is 0 Å². The molecule has 3 N–H and O–H groups in total. The first-order valence-electron chi connectivity index (χ1n) is 6.44. The Hall–Kier alpha value is -2.84. The van der Waals surface area contributed by atoms with Gasteiger partial charge in [-0.3, -0.25) is 4.79 Å². The van der Waals surface area contributed by atoms with Gasteiger partial charge >= 0.3 is 11.9 Å². The number of nitrogens with zero attached hydrogens (tertiary/aromatic N) is 1. The van der Waals surface area contributed by atoms with E-state index in [0.717, 1.165) is 12.3 Å². The molecule has 23 heavy (non-hydrogen) atoms. The summed E-state index contributed by atoms with van der Waals surface area (Å²) in [5, 5.41) is 19.7. The highest BCUT2D eigenvalue weighted by Crippen LogP contribution is 2.27. The van der Waals surface area contributed by atoms with Crippen LogP contribution in [0.3, 0.4) is 0 Å². The van der Waals surface area contributed by atoms with Gasteiger partial charge in [0.1, 0.15) is 11.9 Å². The summed E-state index contributed by atoms with van der Waals surface area (Å²) in [7, 11) is 0. The van der Waals surface area contributed by atoms with Crippen LogP contribution in [0.2, 0.25) is 0 Å². The van der Waals surface area contributed by atoms with Gasteiger partial charge in [-0.05, 0) is 18.6 Å². The van der Waals surface area contributed by atoms with Crippen molar-refractivity contribution in [2.24, 2.45) is 0 Å². The number of hydrogen-bond donors (Lipinski definition) is 3. The lowest BCUT2D eigenvalue weighted by atomic mass is 10.1. The summed E-state index contributed by atoms with van der Waals surface area (Å²) >= 11 is 0. The topological polar surface area (TPSA) is 99.5 Å². The maximum atomic E-state index is 13.7. The first-order chi connectivity index (χ1) is 10.8. The number of benzene rings is 1. The van der Waals surface area contributed by atoms with Gasteiger partial charge in [0.2, 0.25) is 0 Å². The minimum absolute atomic E-state index is 0.148. The molecule has 0 saturated carbocycles. The number of aromatic nitrogens is 1. The molecular formula is C14H11F3N2O4. The molecule has 0 aliphatic carbocycles. The fourth-order valence-corrected chi connectivity index (χ4v) is 2.03. The highest BCUT2D eigenvalue weighted by atomic mass is 19.2. The second-order valence-electron chi connectivity index (χ2n) is 4.71. The van der Waals surface area contributed by atoms with Crippen molar-refractivity contribution in [1.29, 1.82) is 0 Å². The molecule has 1 aromatic heterocycles. The Morgan fingerprint density at radius 3 is 2.48 bits per heavy atom. The van der Waals surface area contributed by atoms with Crippen LogP contribution in [0.15, 0.2) is 18.3 Å². The molecule has 0 spiro atoms. The number of carboxylic acid groups (broad SMARTS) is 2. The monoisotopic (exact) mass is 328 g/mol. The molecule has 0 fully saturated rings. The Labute approximate surface area is 127 Å². The number of nitrogens with one attached hydrogen (secondary N) is 1. The number of aliphatic carboxylic acids is 2. The first kappa shape index (κ1) is 16.5. The van der Waals surface area contributed by atoms with E-state index >= 15 is 0 Å². The molecule has 122 valence electrons. The number of carboxylic acids is 2. The van der Waals surface area contributed by atoms with Gasteiger partial charge in [-0.2, -0.15) is 0 Å². The maximum absolute atomic E-state index is 13.7. The highest BCUT2D eigenvalue weighted by Gasteiger charge is 2.22. The van der Waals surface area contributed by atoms with Gasteiger partial charge in [0, 0.05) is 23.4 Å². The van der Waals surface area contributed by atoms with Crippen molar-refractivity contribution in [2.75, 3.05) is 5.32 Å². The first-order valence-corrected chi connectivity index (χ1v) is 6.44. The average molecular weight is 328 g/mol. The van der Waals surface area contributed by atoms with Gasteiger partial charge in [-0.25, -0.2) is 22.9 Å². The van der Waals surface area contributed by atoms with E-state index in [0.29, 0.717) is 6.07 Å². The summed E-state index contributed by atoms with van der Waals surface area (Å²) < 4.78 is 40.3. The smallest absolute Gasteiger partial charge is 0.326 e. The lowest BCUT2D eigenvalue weighted by Gasteiger charge is -2.16. The standard InChI is InChI=1S/C14H11F3N2O4/c15-8-5-7-6(11(16)12(8)17)3-4-18-13(7)19-9(14(22)23)1-2-10(20)21/h3-5,9H,1-2H2,(H,18,19)(H,20,21)(H,22,23). The lowest BCUT2D eigenvalue weighted by Crippen LogP contribution is -2.30. The van der Waals surface area contributed by atoms with E-state index in [9.17, 15) is 22.8 Å². The van der Waals surface area contributed by atoms with Crippen LogP contribution in [-0.2, 0) is 9.59 Å². The number of rotatable bonds is 6. The molecule has 2 aromatic rings. The second kappa shape index (κ2) is 6.51. The number of halogens is 3.